The number of hydrogen-bond donors (Lipinski definition) is 2. The maximum absolute atomic E-state index is 13.6. The van der Waals surface area contributed by atoms with Gasteiger partial charge in [0, 0.05) is 10.2 Å². The van der Waals surface area contributed by atoms with E-state index in [0.717, 1.165) is 0 Å². The van der Waals surface area contributed by atoms with Gasteiger partial charge in [-0.3, -0.25) is 4.79 Å². The van der Waals surface area contributed by atoms with Crippen molar-refractivity contribution in [2.75, 3.05) is 11.1 Å². The molecule has 0 bridgehead atoms. The van der Waals surface area contributed by atoms with Gasteiger partial charge in [0.2, 0.25) is 0 Å². The zero-order chi connectivity index (χ0) is 14.0. The van der Waals surface area contributed by atoms with E-state index >= 15 is 0 Å². The van der Waals surface area contributed by atoms with Gasteiger partial charge < -0.3 is 11.1 Å². The third-order valence-corrected chi connectivity index (χ3v) is 3.83. The summed E-state index contributed by atoms with van der Waals surface area (Å²) < 4.78 is 14.7. The van der Waals surface area contributed by atoms with Crippen molar-refractivity contribution in [3.63, 3.8) is 0 Å². The molecule has 0 saturated heterocycles. The molecule has 2 aromatic rings. The summed E-state index contributed by atoms with van der Waals surface area (Å²) in [6.07, 6.45) is 0. The molecule has 0 saturated carbocycles. The van der Waals surface area contributed by atoms with Gasteiger partial charge in [0.05, 0.1) is 15.7 Å². The Balaban J connectivity index is 2.31. The predicted molar refractivity (Wildman–Crippen MR) is 80.6 cm³/mol. The van der Waals surface area contributed by atoms with E-state index in [0.29, 0.717) is 20.2 Å². The summed E-state index contributed by atoms with van der Waals surface area (Å²) in [4.78, 5) is 12.1. The molecule has 0 aliphatic rings. The molecule has 3 N–H and O–H groups in total. The van der Waals surface area contributed by atoms with Gasteiger partial charge in [0.25, 0.3) is 5.91 Å². The number of carbonyl (C=O) groups is 1. The number of anilines is 2. The fourth-order valence-corrected chi connectivity index (χ4v) is 2.31. The summed E-state index contributed by atoms with van der Waals surface area (Å²) in [7, 11) is 0. The van der Waals surface area contributed by atoms with Crippen molar-refractivity contribution in [2.45, 2.75) is 0 Å². The van der Waals surface area contributed by atoms with Gasteiger partial charge in [-0.1, -0.05) is 22.0 Å². The van der Waals surface area contributed by atoms with Crippen molar-refractivity contribution in [1.29, 1.82) is 0 Å². The van der Waals surface area contributed by atoms with Gasteiger partial charge in [0.1, 0.15) is 5.82 Å². The molecule has 0 aromatic heterocycles. The second kappa shape index (κ2) is 5.71. The smallest absolute Gasteiger partial charge is 0.256 e. The first-order valence-electron chi connectivity index (χ1n) is 5.29. The lowest BCUT2D eigenvalue weighted by molar-refractivity contribution is 0.102. The van der Waals surface area contributed by atoms with E-state index in [2.05, 4.69) is 37.2 Å². The first-order valence-corrected chi connectivity index (χ1v) is 6.88. The van der Waals surface area contributed by atoms with Crippen LogP contribution in [0.5, 0.6) is 0 Å². The van der Waals surface area contributed by atoms with Crippen LogP contribution in [0.4, 0.5) is 15.8 Å². The Morgan fingerprint density at radius 3 is 2.68 bits per heavy atom. The largest absolute Gasteiger partial charge is 0.398 e. The number of benzene rings is 2. The lowest BCUT2D eigenvalue weighted by Crippen LogP contribution is -2.14. The van der Waals surface area contributed by atoms with E-state index < -0.39 is 11.7 Å². The zero-order valence-corrected chi connectivity index (χ0v) is 12.8. The van der Waals surface area contributed by atoms with Crippen molar-refractivity contribution < 1.29 is 9.18 Å². The minimum atomic E-state index is -0.503. The van der Waals surface area contributed by atoms with Gasteiger partial charge >= 0.3 is 0 Å². The lowest BCUT2D eigenvalue weighted by atomic mass is 10.2. The monoisotopic (exact) mass is 386 g/mol. The second-order valence-electron chi connectivity index (χ2n) is 3.79. The van der Waals surface area contributed by atoms with Crippen molar-refractivity contribution in [1.82, 2.24) is 0 Å². The van der Waals surface area contributed by atoms with Crippen molar-refractivity contribution in [2.24, 2.45) is 0 Å². The Labute approximate surface area is 126 Å². The van der Waals surface area contributed by atoms with Crippen molar-refractivity contribution >= 4 is 49.1 Å². The highest BCUT2D eigenvalue weighted by atomic mass is 79.9. The number of nitrogens with one attached hydrogen (secondary N) is 1. The van der Waals surface area contributed by atoms with Crippen LogP contribution in [-0.2, 0) is 0 Å². The maximum Gasteiger partial charge on any atom is 0.256 e. The van der Waals surface area contributed by atoms with E-state index in [9.17, 15) is 9.18 Å². The molecule has 3 nitrogen and oxygen atoms in total. The van der Waals surface area contributed by atoms with Crippen LogP contribution in [0, 0.1) is 5.82 Å². The third-order valence-electron chi connectivity index (χ3n) is 2.45. The number of nitrogen functional groups attached to an aromatic ring is 1. The quantitative estimate of drug-likeness (QED) is 0.759. The van der Waals surface area contributed by atoms with Gasteiger partial charge in [0.15, 0.2) is 0 Å². The summed E-state index contributed by atoms with van der Waals surface area (Å²) in [6.45, 7) is 0. The zero-order valence-electron chi connectivity index (χ0n) is 9.58. The van der Waals surface area contributed by atoms with E-state index in [1.807, 2.05) is 0 Å². The summed E-state index contributed by atoms with van der Waals surface area (Å²) in [5.74, 6) is -0.937. The van der Waals surface area contributed by atoms with Gasteiger partial charge in [-0.05, 0) is 46.3 Å². The number of hydrogen-bond acceptors (Lipinski definition) is 2. The van der Waals surface area contributed by atoms with E-state index in [-0.39, 0.29) is 5.69 Å². The fourth-order valence-electron chi connectivity index (χ4n) is 1.51. The van der Waals surface area contributed by atoms with Gasteiger partial charge in [-0.25, -0.2) is 4.39 Å². The molecule has 98 valence electrons. The number of halogens is 3. The second-order valence-corrected chi connectivity index (χ2v) is 5.50. The Bertz CT molecular complexity index is 647. The Morgan fingerprint density at radius 2 is 1.95 bits per heavy atom. The average Bonchev–Trinajstić information content (AvgIpc) is 2.37. The minimum absolute atomic E-state index is 0.105. The summed E-state index contributed by atoms with van der Waals surface area (Å²) >= 11 is 6.46. The molecule has 0 unspecified atom stereocenters. The van der Waals surface area contributed by atoms with Gasteiger partial charge in [-0.15, -0.1) is 0 Å². The fraction of sp³-hybridized carbons (Fsp3) is 0. The molecule has 2 rings (SSSR count). The van der Waals surface area contributed by atoms with Crippen molar-refractivity contribution in [3.8, 4) is 0 Å². The normalized spacial score (nSPS) is 10.3. The predicted octanol–water partition coefficient (Wildman–Crippen LogP) is 4.19. The summed E-state index contributed by atoms with van der Waals surface area (Å²) in [5, 5.41) is 2.51. The molecular weight excluding hydrogens is 379 g/mol. The number of carbonyl (C=O) groups excluding carboxylic acids is 1. The summed E-state index contributed by atoms with van der Waals surface area (Å²) in [6, 6.07) is 9.25. The highest BCUT2D eigenvalue weighted by Crippen LogP contribution is 2.26. The van der Waals surface area contributed by atoms with Crippen LogP contribution in [0.1, 0.15) is 10.4 Å². The molecule has 0 spiro atoms. The van der Waals surface area contributed by atoms with E-state index in [4.69, 9.17) is 5.73 Å². The van der Waals surface area contributed by atoms with Gasteiger partial charge in [-0.2, -0.15) is 0 Å². The van der Waals surface area contributed by atoms with Crippen LogP contribution in [0.25, 0.3) is 0 Å². The Kier molecular flexibility index (Phi) is 4.21. The van der Waals surface area contributed by atoms with Crippen molar-refractivity contribution in [3.05, 3.63) is 56.7 Å². The van der Waals surface area contributed by atoms with E-state index in [1.165, 1.54) is 12.1 Å². The lowest BCUT2D eigenvalue weighted by Gasteiger charge is -2.09. The van der Waals surface area contributed by atoms with Crippen LogP contribution >= 0.6 is 31.9 Å². The molecule has 6 heteroatoms. The molecule has 0 heterocycles. The Morgan fingerprint density at radius 1 is 1.21 bits per heavy atom. The highest BCUT2D eigenvalue weighted by Gasteiger charge is 2.13. The van der Waals surface area contributed by atoms with Crippen LogP contribution in [0.2, 0.25) is 0 Å². The molecule has 1 amide bonds. The van der Waals surface area contributed by atoms with Crippen LogP contribution < -0.4 is 11.1 Å². The van der Waals surface area contributed by atoms with Crippen LogP contribution in [-0.4, -0.2) is 5.91 Å². The third kappa shape index (κ3) is 3.13. The SMILES string of the molecule is Nc1cccc(C(=O)Nc2cc(Br)ccc2F)c1Br. The van der Waals surface area contributed by atoms with E-state index in [1.54, 1.807) is 24.3 Å². The minimum Gasteiger partial charge on any atom is -0.398 e. The Hall–Kier alpha value is -1.40. The molecule has 0 aliphatic heterocycles. The molecule has 0 radical (unpaired) electrons. The molecule has 19 heavy (non-hydrogen) atoms. The molecule has 0 atom stereocenters. The number of rotatable bonds is 2. The van der Waals surface area contributed by atoms with Crippen LogP contribution in [0.15, 0.2) is 45.3 Å². The molecule has 0 aliphatic carbocycles. The first kappa shape index (κ1) is 14.0. The number of nitrogens with two attached hydrogens (primary N) is 1. The number of amides is 1. The molecular formula is C13H9Br2FN2O. The highest BCUT2D eigenvalue weighted by molar-refractivity contribution is 9.11. The first-order chi connectivity index (χ1) is 8.99. The maximum atomic E-state index is 13.6. The topological polar surface area (TPSA) is 55.1 Å². The molecule has 2 aromatic carbocycles. The molecule has 0 fully saturated rings. The standard InChI is InChI=1S/C13H9Br2FN2O/c14-7-4-5-9(16)11(6-7)18-13(19)8-2-1-3-10(17)12(8)15/h1-6H,17H2,(H,18,19). The summed E-state index contributed by atoms with van der Waals surface area (Å²) in [5.41, 5.74) is 6.60. The average molecular weight is 388 g/mol. The van der Waals surface area contributed by atoms with Crippen LogP contribution in [0.3, 0.4) is 0 Å².